The Morgan fingerprint density at radius 3 is 2.58 bits per heavy atom. The summed E-state index contributed by atoms with van der Waals surface area (Å²) in [4.78, 5) is 8.70. The predicted molar refractivity (Wildman–Crippen MR) is 98.7 cm³/mol. The van der Waals surface area contributed by atoms with Gasteiger partial charge >= 0.3 is 0 Å². The monoisotopic (exact) mass is 368 g/mol. The molecule has 2 rings (SSSR count). The summed E-state index contributed by atoms with van der Waals surface area (Å²) in [5.74, 6) is 1.66. The van der Waals surface area contributed by atoms with Crippen LogP contribution in [-0.2, 0) is 13.6 Å². The minimum absolute atomic E-state index is 0.143. The highest BCUT2D eigenvalue weighted by molar-refractivity contribution is 6.36. The summed E-state index contributed by atoms with van der Waals surface area (Å²) in [5.41, 5.74) is 0.942. The van der Waals surface area contributed by atoms with Crippen molar-refractivity contribution in [3.8, 4) is 0 Å². The van der Waals surface area contributed by atoms with Crippen LogP contribution in [0.2, 0.25) is 10.0 Å². The number of guanidine groups is 1. The van der Waals surface area contributed by atoms with Crippen LogP contribution in [0.3, 0.4) is 0 Å². The van der Waals surface area contributed by atoms with Crippen LogP contribution in [0.1, 0.15) is 31.2 Å². The van der Waals surface area contributed by atoms with Crippen molar-refractivity contribution in [2.45, 2.75) is 26.3 Å². The minimum atomic E-state index is 0.143. The normalized spacial score (nSPS) is 13.0. The molecule has 0 amide bonds. The molecule has 8 heteroatoms. The first-order valence-corrected chi connectivity index (χ1v) is 8.57. The third kappa shape index (κ3) is 4.85. The lowest BCUT2D eigenvalue weighted by atomic mass is 10.0. The summed E-state index contributed by atoms with van der Waals surface area (Å²) in [7, 11) is 1.85. The van der Waals surface area contributed by atoms with E-state index >= 15 is 0 Å². The Labute approximate surface area is 152 Å². The second kappa shape index (κ2) is 8.89. The molecule has 2 aromatic rings. The van der Waals surface area contributed by atoms with Crippen molar-refractivity contribution in [3.05, 3.63) is 46.0 Å². The van der Waals surface area contributed by atoms with Gasteiger partial charge in [-0.25, -0.2) is 9.98 Å². The lowest BCUT2D eigenvalue weighted by molar-refractivity contribution is 0.683. The second-order valence-corrected chi connectivity index (χ2v) is 6.23. The molecule has 0 fully saturated rings. The molecule has 24 heavy (non-hydrogen) atoms. The first-order valence-electron chi connectivity index (χ1n) is 7.81. The number of aryl methyl sites for hydroxylation is 1. The summed E-state index contributed by atoms with van der Waals surface area (Å²) >= 11 is 12.5. The fraction of sp³-hybridized carbons (Fsp3) is 0.438. The van der Waals surface area contributed by atoms with Gasteiger partial charge < -0.3 is 10.6 Å². The predicted octanol–water partition coefficient (Wildman–Crippen LogP) is 2.98. The molecule has 0 aliphatic carbocycles. The van der Waals surface area contributed by atoms with E-state index in [1.165, 1.54) is 6.33 Å². The number of nitrogens with zero attached hydrogens (tertiary/aromatic N) is 4. The van der Waals surface area contributed by atoms with Crippen LogP contribution in [0.15, 0.2) is 29.5 Å². The third-order valence-electron chi connectivity index (χ3n) is 3.60. The van der Waals surface area contributed by atoms with Crippen molar-refractivity contribution in [2.75, 3.05) is 13.1 Å². The highest BCUT2D eigenvalue weighted by Crippen LogP contribution is 2.30. The summed E-state index contributed by atoms with van der Waals surface area (Å²) < 4.78 is 1.71. The standard InChI is InChI=1S/C16H22Cl2N6/c1-4-19-16(21-9-14-22-10-23-24(14)3)20-8-11(2)15-12(17)6-5-7-13(15)18/h5-7,10-11H,4,8-9H2,1-3H3,(H2,19,20,21). The van der Waals surface area contributed by atoms with Gasteiger partial charge in [-0.3, -0.25) is 4.68 Å². The Morgan fingerprint density at radius 1 is 1.29 bits per heavy atom. The smallest absolute Gasteiger partial charge is 0.191 e. The van der Waals surface area contributed by atoms with E-state index in [0.29, 0.717) is 23.1 Å². The van der Waals surface area contributed by atoms with Gasteiger partial charge in [0.15, 0.2) is 5.96 Å². The van der Waals surface area contributed by atoms with Crippen molar-refractivity contribution in [1.29, 1.82) is 0 Å². The average molecular weight is 369 g/mol. The van der Waals surface area contributed by atoms with Crippen LogP contribution in [0.4, 0.5) is 0 Å². The molecule has 1 heterocycles. The molecule has 0 radical (unpaired) electrons. The van der Waals surface area contributed by atoms with E-state index in [1.54, 1.807) is 4.68 Å². The number of halogens is 2. The van der Waals surface area contributed by atoms with Gasteiger partial charge in [-0.1, -0.05) is 36.2 Å². The van der Waals surface area contributed by atoms with Crippen molar-refractivity contribution < 1.29 is 0 Å². The number of benzene rings is 1. The maximum absolute atomic E-state index is 6.27. The van der Waals surface area contributed by atoms with E-state index in [4.69, 9.17) is 23.2 Å². The zero-order chi connectivity index (χ0) is 17.5. The van der Waals surface area contributed by atoms with E-state index < -0.39 is 0 Å². The van der Waals surface area contributed by atoms with Gasteiger partial charge in [0.05, 0.1) is 0 Å². The molecule has 0 spiro atoms. The first-order chi connectivity index (χ1) is 11.5. The van der Waals surface area contributed by atoms with E-state index in [1.807, 2.05) is 32.2 Å². The van der Waals surface area contributed by atoms with Gasteiger partial charge in [-0.05, 0) is 24.6 Å². The first kappa shape index (κ1) is 18.5. The molecule has 6 nitrogen and oxygen atoms in total. The molecular formula is C16H22Cl2N6. The topological polar surface area (TPSA) is 67.1 Å². The third-order valence-corrected chi connectivity index (χ3v) is 4.26. The van der Waals surface area contributed by atoms with Crippen molar-refractivity contribution in [1.82, 2.24) is 25.4 Å². The van der Waals surface area contributed by atoms with Crippen LogP contribution < -0.4 is 10.6 Å². The van der Waals surface area contributed by atoms with Crippen LogP contribution in [0, 0.1) is 0 Å². The fourth-order valence-electron chi connectivity index (χ4n) is 2.29. The molecule has 2 N–H and O–H groups in total. The molecule has 1 aromatic carbocycles. The van der Waals surface area contributed by atoms with Gasteiger partial charge in [0.25, 0.3) is 0 Å². The summed E-state index contributed by atoms with van der Waals surface area (Å²) in [5, 5.41) is 11.9. The summed E-state index contributed by atoms with van der Waals surface area (Å²) in [6.45, 7) is 5.98. The van der Waals surface area contributed by atoms with Crippen LogP contribution in [0.25, 0.3) is 0 Å². The Morgan fingerprint density at radius 2 is 2.00 bits per heavy atom. The van der Waals surface area contributed by atoms with Crippen LogP contribution in [-0.4, -0.2) is 33.8 Å². The van der Waals surface area contributed by atoms with Crippen molar-refractivity contribution in [3.63, 3.8) is 0 Å². The quantitative estimate of drug-likeness (QED) is 0.607. The van der Waals surface area contributed by atoms with Crippen molar-refractivity contribution >= 4 is 29.2 Å². The molecular weight excluding hydrogens is 347 g/mol. The second-order valence-electron chi connectivity index (χ2n) is 5.41. The van der Waals surface area contributed by atoms with Gasteiger partial charge in [0.2, 0.25) is 0 Å². The molecule has 0 bridgehead atoms. The van der Waals surface area contributed by atoms with Gasteiger partial charge in [-0.15, -0.1) is 0 Å². The molecule has 0 saturated carbocycles. The number of aliphatic imine (C=N–C) groups is 1. The van der Waals surface area contributed by atoms with Gasteiger partial charge in [0.1, 0.15) is 18.7 Å². The largest absolute Gasteiger partial charge is 0.357 e. The number of hydrogen-bond donors (Lipinski definition) is 2. The molecule has 130 valence electrons. The SMILES string of the molecule is CCNC(=NCc1ncnn1C)NCC(C)c1c(Cl)cccc1Cl. The zero-order valence-corrected chi connectivity index (χ0v) is 15.6. The van der Waals surface area contributed by atoms with E-state index in [-0.39, 0.29) is 5.92 Å². The van der Waals surface area contributed by atoms with E-state index in [0.717, 1.165) is 23.9 Å². The Bertz CT molecular complexity index is 677. The molecule has 1 aromatic heterocycles. The zero-order valence-electron chi connectivity index (χ0n) is 14.1. The van der Waals surface area contributed by atoms with E-state index in [2.05, 4.69) is 32.6 Å². The lowest BCUT2D eigenvalue weighted by Crippen LogP contribution is -2.39. The molecule has 0 aliphatic rings. The molecule has 1 atom stereocenters. The van der Waals surface area contributed by atoms with Gasteiger partial charge in [0, 0.05) is 36.1 Å². The summed E-state index contributed by atoms with van der Waals surface area (Å²) in [6, 6.07) is 5.56. The minimum Gasteiger partial charge on any atom is -0.357 e. The van der Waals surface area contributed by atoms with Crippen LogP contribution in [0.5, 0.6) is 0 Å². The van der Waals surface area contributed by atoms with E-state index in [9.17, 15) is 0 Å². The maximum atomic E-state index is 6.27. The highest BCUT2D eigenvalue weighted by Gasteiger charge is 2.14. The highest BCUT2D eigenvalue weighted by atomic mass is 35.5. The average Bonchev–Trinajstić information content (AvgIpc) is 2.95. The Hall–Kier alpha value is -1.79. The molecule has 1 unspecified atom stereocenters. The Balaban J connectivity index is 2.01. The lowest BCUT2D eigenvalue weighted by Gasteiger charge is -2.18. The number of aromatic nitrogens is 3. The number of nitrogens with one attached hydrogen (secondary N) is 2. The molecule has 0 saturated heterocycles. The molecule has 0 aliphatic heterocycles. The van der Waals surface area contributed by atoms with Gasteiger partial charge in [-0.2, -0.15) is 5.10 Å². The number of hydrogen-bond acceptors (Lipinski definition) is 3. The maximum Gasteiger partial charge on any atom is 0.191 e. The van der Waals surface area contributed by atoms with Crippen LogP contribution >= 0.6 is 23.2 Å². The van der Waals surface area contributed by atoms with Crippen molar-refractivity contribution in [2.24, 2.45) is 12.0 Å². The summed E-state index contributed by atoms with van der Waals surface area (Å²) in [6.07, 6.45) is 1.52. The fourth-order valence-corrected chi connectivity index (χ4v) is 3.06. The Kier molecular flexibility index (Phi) is 6.87. The number of rotatable bonds is 6.